The molecule has 0 fully saturated rings. The lowest BCUT2D eigenvalue weighted by molar-refractivity contribution is -0.122. The van der Waals surface area contributed by atoms with Crippen molar-refractivity contribution in [2.75, 3.05) is 13.1 Å². The third-order valence-corrected chi connectivity index (χ3v) is 3.09. The number of benzene rings is 1. The molecule has 0 saturated carbocycles. The highest BCUT2D eigenvalue weighted by Gasteiger charge is 2.12. The van der Waals surface area contributed by atoms with Crippen molar-refractivity contribution in [1.82, 2.24) is 16.0 Å². The van der Waals surface area contributed by atoms with Crippen LogP contribution in [-0.2, 0) is 11.2 Å². The molecule has 1 aromatic carbocycles. The van der Waals surface area contributed by atoms with E-state index in [0.29, 0.717) is 11.7 Å². The third-order valence-electron chi connectivity index (χ3n) is 2.83. The van der Waals surface area contributed by atoms with Crippen LogP contribution in [0.25, 0.3) is 0 Å². The van der Waals surface area contributed by atoms with Gasteiger partial charge in [0.15, 0.2) is 5.11 Å². The molecule has 0 radical (unpaired) electrons. The summed E-state index contributed by atoms with van der Waals surface area (Å²) in [6.45, 7) is 5.27. The van der Waals surface area contributed by atoms with Gasteiger partial charge < -0.3 is 16.0 Å². The van der Waals surface area contributed by atoms with Gasteiger partial charge in [0, 0.05) is 13.1 Å². The minimum Gasteiger partial charge on any atom is -0.362 e. The molecule has 1 aromatic rings. The molecule has 1 amide bonds. The van der Waals surface area contributed by atoms with Crippen LogP contribution in [0.1, 0.15) is 25.8 Å². The summed E-state index contributed by atoms with van der Waals surface area (Å²) in [6.07, 6.45) is 1.83. The number of nitrogens with one attached hydrogen (secondary N) is 3. The molecule has 0 spiro atoms. The molecule has 0 unspecified atom stereocenters. The maximum Gasteiger partial charge on any atom is 0.242 e. The highest BCUT2D eigenvalue weighted by molar-refractivity contribution is 7.80. The second-order valence-corrected chi connectivity index (χ2v) is 5.06. The molecule has 0 aliphatic carbocycles. The lowest BCUT2D eigenvalue weighted by Gasteiger charge is -2.16. The van der Waals surface area contributed by atoms with Gasteiger partial charge in [0.25, 0.3) is 0 Å². The standard InChI is InChI=1S/C15H23N3OS/c1-3-10-16-14(19)12(2)18-15(20)17-11-9-13-7-5-4-6-8-13/h4-8,12H,3,9-11H2,1-2H3,(H,16,19)(H2,17,18,20)/t12-/m0/s1. The van der Waals surface area contributed by atoms with Crippen LogP contribution in [0.4, 0.5) is 0 Å². The quantitative estimate of drug-likeness (QED) is 0.669. The third kappa shape index (κ3) is 6.52. The molecular weight excluding hydrogens is 270 g/mol. The van der Waals surface area contributed by atoms with Crippen molar-refractivity contribution in [2.24, 2.45) is 0 Å². The Kier molecular flexibility index (Phi) is 7.65. The summed E-state index contributed by atoms with van der Waals surface area (Å²) in [5.41, 5.74) is 1.26. The number of amides is 1. The van der Waals surface area contributed by atoms with Gasteiger partial charge in [-0.1, -0.05) is 37.3 Å². The van der Waals surface area contributed by atoms with Gasteiger partial charge in [0.05, 0.1) is 0 Å². The Labute approximate surface area is 126 Å². The lowest BCUT2D eigenvalue weighted by Crippen LogP contribution is -2.48. The van der Waals surface area contributed by atoms with Crippen molar-refractivity contribution < 1.29 is 4.79 Å². The maximum atomic E-state index is 11.7. The molecular formula is C15H23N3OS. The van der Waals surface area contributed by atoms with Gasteiger partial charge in [-0.25, -0.2) is 0 Å². The van der Waals surface area contributed by atoms with E-state index < -0.39 is 0 Å². The van der Waals surface area contributed by atoms with Gasteiger partial charge in [-0.2, -0.15) is 0 Å². The van der Waals surface area contributed by atoms with Crippen molar-refractivity contribution in [3.8, 4) is 0 Å². The average Bonchev–Trinajstić information content (AvgIpc) is 2.45. The number of rotatable bonds is 7. The van der Waals surface area contributed by atoms with Gasteiger partial charge in [0.2, 0.25) is 5.91 Å². The summed E-state index contributed by atoms with van der Waals surface area (Å²) in [5, 5.41) is 9.44. The first-order valence-corrected chi connectivity index (χ1v) is 7.40. The number of hydrogen-bond acceptors (Lipinski definition) is 2. The zero-order valence-corrected chi connectivity index (χ0v) is 12.9. The lowest BCUT2D eigenvalue weighted by atomic mass is 10.1. The van der Waals surface area contributed by atoms with Gasteiger partial charge in [-0.15, -0.1) is 0 Å². The second kappa shape index (κ2) is 9.31. The van der Waals surface area contributed by atoms with Crippen LogP contribution >= 0.6 is 12.2 Å². The molecule has 20 heavy (non-hydrogen) atoms. The molecule has 3 N–H and O–H groups in total. The van der Waals surface area contributed by atoms with Crippen LogP contribution in [0.5, 0.6) is 0 Å². The summed E-state index contributed by atoms with van der Waals surface area (Å²) in [4.78, 5) is 11.7. The summed E-state index contributed by atoms with van der Waals surface area (Å²) < 4.78 is 0. The molecule has 0 aliphatic rings. The van der Waals surface area contributed by atoms with Crippen LogP contribution in [0, 0.1) is 0 Å². The predicted molar refractivity (Wildman–Crippen MR) is 86.6 cm³/mol. The molecule has 110 valence electrons. The fourth-order valence-electron chi connectivity index (χ4n) is 1.68. The largest absolute Gasteiger partial charge is 0.362 e. The van der Waals surface area contributed by atoms with Crippen LogP contribution < -0.4 is 16.0 Å². The van der Waals surface area contributed by atoms with Crippen LogP contribution in [-0.4, -0.2) is 30.2 Å². The van der Waals surface area contributed by atoms with Crippen LogP contribution in [0.2, 0.25) is 0 Å². The highest BCUT2D eigenvalue weighted by Crippen LogP contribution is 1.98. The molecule has 0 saturated heterocycles. The Bertz CT molecular complexity index is 422. The van der Waals surface area contributed by atoms with E-state index in [9.17, 15) is 4.79 Å². The highest BCUT2D eigenvalue weighted by atomic mass is 32.1. The van der Waals surface area contributed by atoms with E-state index in [1.807, 2.05) is 25.1 Å². The SMILES string of the molecule is CCCNC(=O)[C@H](C)NC(=S)NCCc1ccccc1. The van der Waals surface area contributed by atoms with Crippen molar-refractivity contribution in [3.05, 3.63) is 35.9 Å². The topological polar surface area (TPSA) is 53.2 Å². The zero-order valence-electron chi connectivity index (χ0n) is 12.1. The fourth-order valence-corrected chi connectivity index (χ4v) is 1.96. The zero-order chi connectivity index (χ0) is 14.8. The van der Waals surface area contributed by atoms with Crippen molar-refractivity contribution in [3.63, 3.8) is 0 Å². The summed E-state index contributed by atoms with van der Waals surface area (Å²) in [6, 6.07) is 9.88. The fraction of sp³-hybridized carbons (Fsp3) is 0.467. The minimum atomic E-state index is -0.321. The summed E-state index contributed by atoms with van der Waals surface area (Å²) in [5.74, 6) is -0.0286. The Morgan fingerprint density at radius 2 is 1.90 bits per heavy atom. The van der Waals surface area contributed by atoms with Crippen molar-refractivity contribution in [1.29, 1.82) is 0 Å². The molecule has 0 heterocycles. The van der Waals surface area contributed by atoms with Gasteiger partial charge >= 0.3 is 0 Å². The van der Waals surface area contributed by atoms with E-state index in [1.54, 1.807) is 6.92 Å². The summed E-state index contributed by atoms with van der Waals surface area (Å²) >= 11 is 5.18. The molecule has 0 aromatic heterocycles. The smallest absolute Gasteiger partial charge is 0.242 e. The van der Waals surface area contributed by atoms with E-state index in [4.69, 9.17) is 12.2 Å². The first-order valence-electron chi connectivity index (χ1n) is 6.99. The van der Waals surface area contributed by atoms with Crippen LogP contribution in [0.3, 0.4) is 0 Å². The van der Waals surface area contributed by atoms with E-state index >= 15 is 0 Å². The molecule has 1 atom stereocenters. The Morgan fingerprint density at radius 3 is 2.55 bits per heavy atom. The minimum absolute atomic E-state index is 0.0286. The molecule has 5 heteroatoms. The molecule has 1 rings (SSSR count). The molecule has 0 bridgehead atoms. The van der Waals surface area contributed by atoms with Gasteiger partial charge in [-0.3, -0.25) is 4.79 Å². The van der Waals surface area contributed by atoms with Gasteiger partial charge in [-0.05, 0) is 37.5 Å². The second-order valence-electron chi connectivity index (χ2n) is 4.65. The first kappa shape index (κ1) is 16.4. The number of thiocarbonyl (C=S) groups is 1. The number of hydrogen-bond donors (Lipinski definition) is 3. The number of carbonyl (C=O) groups excluding carboxylic acids is 1. The Morgan fingerprint density at radius 1 is 1.20 bits per heavy atom. The molecule has 4 nitrogen and oxygen atoms in total. The number of carbonyl (C=O) groups is 1. The maximum absolute atomic E-state index is 11.7. The van der Waals surface area contributed by atoms with Crippen LogP contribution in [0.15, 0.2) is 30.3 Å². The normalized spacial score (nSPS) is 11.5. The van der Waals surface area contributed by atoms with Gasteiger partial charge in [0.1, 0.15) is 6.04 Å². The Balaban J connectivity index is 2.21. The van der Waals surface area contributed by atoms with Crippen molar-refractivity contribution >= 4 is 23.2 Å². The monoisotopic (exact) mass is 293 g/mol. The van der Waals surface area contributed by atoms with E-state index in [1.165, 1.54) is 5.56 Å². The van der Waals surface area contributed by atoms with E-state index in [2.05, 4.69) is 28.1 Å². The average molecular weight is 293 g/mol. The predicted octanol–water partition coefficient (Wildman–Crippen LogP) is 1.61. The summed E-state index contributed by atoms with van der Waals surface area (Å²) in [7, 11) is 0. The Hall–Kier alpha value is -1.62. The van der Waals surface area contributed by atoms with Crippen molar-refractivity contribution in [2.45, 2.75) is 32.7 Å². The van der Waals surface area contributed by atoms with E-state index in [0.717, 1.165) is 19.4 Å². The first-order chi connectivity index (χ1) is 9.63. The van der Waals surface area contributed by atoms with E-state index in [-0.39, 0.29) is 11.9 Å². The molecule has 0 aliphatic heterocycles.